The molecule has 3 fully saturated rings. The summed E-state index contributed by atoms with van der Waals surface area (Å²) in [7, 11) is 0. The molecule has 49 heavy (non-hydrogen) atoms. The highest BCUT2D eigenvalue weighted by Gasteiger charge is 2.64. The number of aliphatic hydroxyl groups is 1. The van der Waals surface area contributed by atoms with E-state index in [0.29, 0.717) is 12.0 Å². The van der Waals surface area contributed by atoms with Crippen LogP contribution in [0.3, 0.4) is 0 Å². The van der Waals surface area contributed by atoms with Gasteiger partial charge in [-0.3, -0.25) is 19.2 Å². The van der Waals surface area contributed by atoms with Crippen LogP contribution in [-0.4, -0.2) is 71.6 Å². The SMILES string of the molecule is CC1CC2C3CCC4=CC(=O)C=CC4(C)C3C(O)CC2(C)C1OC(=O)c1cc(COCNC(=O)[C@H](C)NC(=O)[C@H](C)NC(=O)[C@H](C)N)co1. The van der Waals surface area contributed by atoms with Crippen LogP contribution in [0.5, 0.6) is 0 Å². The van der Waals surface area contributed by atoms with Gasteiger partial charge in [0.2, 0.25) is 23.5 Å². The number of aliphatic hydroxyl groups excluding tert-OH is 1. The molecular formula is C36H50N4O9. The predicted octanol–water partition coefficient (Wildman–Crippen LogP) is 2.28. The van der Waals surface area contributed by atoms with E-state index in [2.05, 4.69) is 36.7 Å². The number of fused-ring (bicyclic) bond motifs is 5. The molecule has 0 spiro atoms. The van der Waals surface area contributed by atoms with Crippen molar-refractivity contribution in [1.29, 1.82) is 0 Å². The molecule has 11 atom stereocenters. The Labute approximate surface area is 286 Å². The zero-order valence-electron chi connectivity index (χ0n) is 29.1. The molecule has 0 bridgehead atoms. The van der Waals surface area contributed by atoms with Crippen LogP contribution < -0.4 is 21.7 Å². The molecule has 13 nitrogen and oxygen atoms in total. The lowest BCUT2D eigenvalue weighted by Crippen LogP contribution is -2.57. The first-order valence-corrected chi connectivity index (χ1v) is 17.2. The van der Waals surface area contributed by atoms with Gasteiger partial charge in [0.05, 0.1) is 25.0 Å². The number of nitrogens with one attached hydrogen (secondary N) is 3. The van der Waals surface area contributed by atoms with Gasteiger partial charge in [0.25, 0.3) is 0 Å². The highest BCUT2D eigenvalue weighted by atomic mass is 16.6. The van der Waals surface area contributed by atoms with Gasteiger partial charge in [-0.05, 0) is 82.4 Å². The van der Waals surface area contributed by atoms with Crippen LogP contribution in [0.1, 0.15) is 83.3 Å². The number of allylic oxidation sites excluding steroid dienone is 4. The molecular weight excluding hydrogens is 632 g/mol. The van der Waals surface area contributed by atoms with Gasteiger partial charge < -0.3 is 40.7 Å². The van der Waals surface area contributed by atoms with Crippen molar-refractivity contribution in [2.45, 2.75) is 104 Å². The number of hydrogen-bond donors (Lipinski definition) is 5. The smallest absolute Gasteiger partial charge is 0.374 e. The van der Waals surface area contributed by atoms with E-state index < -0.39 is 59.4 Å². The van der Waals surface area contributed by atoms with Crippen LogP contribution in [0.2, 0.25) is 0 Å². The first-order valence-electron chi connectivity index (χ1n) is 17.2. The van der Waals surface area contributed by atoms with Crippen molar-refractivity contribution in [3.05, 3.63) is 47.5 Å². The number of nitrogens with two attached hydrogens (primary N) is 1. The number of ketones is 1. The summed E-state index contributed by atoms with van der Waals surface area (Å²) in [6.07, 6.45) is 8.85. The lowest BCUT2D eigenvalue weighted by molar-refractivity contribution is -0.133. The molecule has 8 unspecified atom stereocenters. The zero-order valence-corrected chi connectivity index (χ0v) is 29.1. The van der Waals surface area contributed by atoms with Gasteiger partial charge in [-0.15, -0.1) is 0 Å². The van der Waals surface area contributed by atoms with Crippen molar-refractivity contribution < 1.29 is 43.0 Å². The standard InChI is InChI=1S/C36H50N4O9/c1-18-11-26-25-8-7-23-13-24(41)9-10-35(23,5)29(25)27(42)14-36(26,6)30(18)49-34(46)28-12-22(16-48-28)15-47-17-38-32(44)20(3)40-33(45)21(4)39-31(43)19(2)37/h9-10,12-13,16,18-21,25-27,29-30,42H,7-8,11,14-15,17,37H2,1-6H3,(H,38,44)(H,39,43)(H,40,45)/t18?,19-,20-,21-,25?,26?,27?,29?,30?,35?,36?/m0/s1. The van der Waals surface area contributed by atoms with E-state index in [1.54, 1.807) is 18.2 Å². The largest absolute Gasteiger partial charge is 0.457 e. The minimum absolute atomic E-state index is 0.000573. The first kappa shape index (κ1) is 36.5. The Morgan fingerprint density at radius 2 is 1.80 bits per heavy atom. The topological polar surface area (TPSA) is 199 Å². The molecule has 4 aliphatic rings. The Balaban J connectivity index is 1.11. The first-order chi connectivity index (χ1) is 23.0. The van der Waals surface area contributed by atoms with E-state index in [0.717, 1.165) is 24.8 Å². The minimum atomic E-state index is -0.887. The monoisotopic (exact) mass is 682 g/mol. The molecule has 1 aromatic heterocycles. The molecule has 13 heteroatoms. The third-order valence-electron chi connectivity index (χ3n) is 11.3. The van der Waals surface area contributed by atoms with E-state index in [4.69, 9.17) is 19.6 Å². The molecule has 268 valence electrons. The molecule has 3 saturated carbocycles. The van der Waals surface area contributed by atoms with Crippen LogP contribution in [0.25, 0.3) is 0 Å². The molecule has 5 rings (SSSR count). The van der Waals surface area contributed by atoms with E-state index in [-0.39, 0.29) is 54.0 Å². The zero-order chi connectivity index (χ0) is 35.8. The van der Waals surface area contributed by atoms with Crippen LogP contribution in [-0.2, 0) is 35.3 Å². The number of amides is 3. The highest BCUT2D eigenvalue weighted by Crippen LogP contribution is 2.66. The number of hydrogen-bond acceptors (Lipinski definition) is 10. The van der Waals surface area contributed by atoms with Gasteiger partial charge in [0.1, 0.15) is 24.9 Å². The quantitative estimate of drug-likeness (QED) is 0.131. The average Bonchev–Trinajstić information content (AvgIpc) is 3.61. The van der Waals surface area contributed by atoms with E-state index >= 15 is 0 Å². The maximum Gasteiger partial charge on any atom is 0.374 e. The molecule has 0 aliphatic heterocycles. The number of carbonyl (C=O) groups excluding carboxylic acids is 5. The lowest BCUT2D eigenvalue weighted by Gasteiger charge is -2.58. The normalized spacial score (nSPS) is 33.6. The summed E-state index contributed by atoms with van der Waals surface area (Å²) >= 11 is 0. The fourth-order valence-corrected chi connectivity index (χ4v) is 8.89. The molecule has 4 aliphatic carbocycles. The summed E-state index contributed by atoms with van der Waals surface area (Å²) < 4.78 is 17.2. The molecule has 3 amide bonds. The molecule has 0 radical (unpaired) electrons. The summed E-state index contributed by atoms with van der Waals surface area (Å²) in [6, 6.07) is -0.983. The Hall–Kier alpha value is -3.81. The Bertz CT molecular complexity index is 1530. The Morgan fingerprint density at radius 1 is 1.10 bits per heavy atom. The molecule has 1 heterocycles. The summed E-state index contributed by atoms with van der Waals surface area (Å²) in [6.45, 7) is 10.7. The molecule has 0 aromatic carbocycles. The van der Waals surface area contributed by atoms with Gasteiger partial charge in [-0.1, -0.05) is 32.4 Å². The third-order valence-corrected chi connectivity index (χ3v) is 11.3. The van der Waals surface area contributed by atoms with Crippen molar-refractivity contribution in [3.63, 3.8) is 0 Å². The fraction of sp³-hybridized carbons (Fsp3) is 0.639. The maximum atomic E-state index is 13.3. The van der Waals surface area contributed by atoms with Gasteiger partial charge in [0, 0.05) is 22.3 Å². The third kappa shape index (κ3) is 7.25. The van der Waals surface area contributed by atoms with Crippen molar-refractivity contribution in [2.75, 3.05) is 6.73 Å². The lowest BCUT2D eigenvalue weighted by atomic mass is 9.47. The van der Waals surface area contributed by atoms with Crippen LogP contribution in [0, 0.1) is 34.5 Å². The number of esters is 1. The van der Waals surface area contributed by atoms with Crippen molar-refractivity contribution in [2.24, 2.45) is 40.2 Å². The summed E-state index contributed by atoms with van der Waals surface area (Å²) in [5.74, 6) is -1.46. The molecule has 1 aromatic rings. The van der Waals surface area contributed by atoms with Gasteiger partial charge in [-0.2, -0.15) is 0 Å². The van der Waals surface area contributed by atoms with Crippen molar-refractivity contribution in [3.8, 4) is 0 Å². The van der Waals surface area contributed by atoms with E-state index in [1.165, 1.54) is 27.0 Å². The second-order valence-electron chi connectivity index (χ2n) is 14.9. The minimum Gasteiger partial charge on any atom is -0.457 e. The van der Waals surface area contributed by atoms with Crippen molar-refractivity contribution in [1.82, 2.24) is 16.0 Å². The summed E-state index contributed by atoms with van der Waals surface area (Å²) in [5.41, 5.74) is 6.40. The van der Waals surface area contributed by atoms with E-state index in [1.807, 2.05) is 6.08 Å². The fourth-order valence-electron chi connectivity index (χ4n) is 8.89. The number of furan rings is 1. The summed E-state index contributed by atoms with van der Waals surface area (Å²) in [5, 5.41) is 19.2. The highest BCUT2D eigenvalue weighted by molar-refractivity contribution is 6.01. The molecule has 0 saturated heterocycles. The Kier molecular flexibility index (Phi) is 10.6. The van der Waals surface area contributed by atoms with Gasteiger partial charge in [0.15, 0.2) is 5.78 Å². The van der Waals surface area contributed by atoms with E-state index in [9.17, 15) is 29.1 Å². The van der Waals surface area contributed by atoms with Gasteiger partial charge in [-0.25, -0.2) is 4.79 Å². The van der Waals surface area contributed by atoms with Crippen LogP contribution >= 0.6 is 0 Å². The van der Waals surface area contributed by atoms with Crippen LogP contribution in [0.15, 0.2) is 40.5 Å². The van der Waals surface area contributed by atoms with Gasteiger partial charge >= 0.3 is 5.97 Å². The number of ether oxygens (including phenoxy) is 2. The number of carbonyl (C=O) groups is 5. The number of rotatable bonds is 11. The molecule has 6 N–H and O–H groups in total. The second kappa shape index (κ2) is 14.2. The summed E-state index contributed by atoms with van der Waals surface area (Å²) in [4.78, 5) is 61.9. The van der Waals surface area contributed by atoms with Crippen molar-refractivity contribution >= 4 is 29.5 Å². The predicted molar refractivity (Wildman–Crippen MR) is 177 cm³/mol. The maximum absolute atomic E-state index is 13.3. The second-order valence-corrected chi connectivity index (χ2v) is 14.9. The average molecular weight is 683 g/mol. The Morgan fingerprint density at radius 3 is 2.51 bits per heavy atom. The van der Waals surface area contributed by atoms with Crippen LogP contribution in [0.4, 0.5) is 0 Å².